The average Bonchev–Trinajstić information content (AvgIpc) is 2.74. The Balaban J connectivity index is 1.88. The topological polar surface area (TPSA) is 34.9 Å². The van der Waals surface area contributed by atoms with Crippen LogP contribution in [0.2, 0.25) is 0 Å². The van der Waals surface area contributed by atoms with Gasteiger partial charge in [0, 0.05) is 23.3 Å². The average molecular weight is 409 g/mol. The summed E-state index contributed by atoms with van der Waals surface area (Å²) in [5.41, 5.74) is 4.59. The Labute approximate surface area is 178 Å². The Morgan fingerprint density at radius 1 is 1.21 bits per heavy atom. The van der Waals surface area contributed by atoms with Gasteiger partial charge >= 0.3 is 0 Å². The number of nitrogens with zero attached hydrogens (tertiary/aromatic N) is 2. The minimum Gasteiger partial charge on any atom is -0.283 e. The van der Waals surface area contributed by atoms with E-state index in [1.54, 1.807) is 11.8 Å². The molecule has 0 radical (unpaired) electrons. The number of aromatic nitrogens is 2. The molecule has 2 aliphatic carbocycles. The van der Waals surface area contributed by atoms with Gasteiger partial charge in [-0.05, 0) is 31.2 Å². The van der Waals surface area contributed by atoms with Crippen LogP contribution in [0.4, 0.5) is 0 Å². The van der Waals surface area contributed by atoms with Gasteiger partial charge in [-0.1, -0.05) is 81.1 Å². The smallest absolute Gasteiger partial charge is 0.258 e. The summed E-state index contributed by atoms with van der Waals surface area (Å²) in [4.78, 5) is 19.0. The number of hydrogen-bond donors (Lipinski definition) is 0. The van der Waals surface area contributed by atoms with E-state index in [9.17, 15) is 4.79 Å². The van der Waals surface area contributed by atoms with Crippen LogP contribution in [0.5, 0.6) is 0 Å². The molecule has 0 unspecified atom stereocenters. The highest BCUT2D eigenvalue weighted by atomic mass is 32.2. The van der Waals surface area contributed by atoms with Gasteiger partial charge in [-0.2, -0.15) is 0 Å². The first-order valence-electron chi connectivity index (χ1n) is 11.2. The highest BCUT2D eigenvalue weighted by molar-refractivity contribution is 7.99. The zero-order chi connectivity index (χ0) is 20.3. The highest BCUT2D eigenvalue weighted by Crippen LogP contribution is 2.48. The van der Waals surface area contributed by atoms with Crippen LogP contribution in [-0.2, 0) is 18.4 Å². The van der Waals surface area contributed by atoms with Gasteiger partial charge in [0.2, 0.25) is 0 Å². The van der Waals surface area contributed by atoms with Gasteiger partial charge in [0.15, 0.2) is 5.16 Å². The lowest BCUT2D eigenvalue weighted by molar-refractivity contribution is 0.282. The SMILES string of the molecule is C=CCn1c(SCCCCC)nc2c(c1=O)C1(CCCCC1)Cc1ccccc1-2. The van der Waals surface area contributed by atoms with E-state index in [1.165, 1.54) is 37.7 Å². The van der Waals surface area contributed by atoms with E-state index in [0.29, 0.717) is 6.54 Å². The summed E-state index contributed by atoms with van der Waals surface area (Å²) >= 11 is 1.73. The Hall–Kier alpha value is -1.81. The van der Waals surface area contributed by atoms with E-state index in [-0.39, 0.29) is 11.0 Å². The molecular weight excluding hydrogens is 376 g/mol. The molecule has 29 heavy (non-hydrogen) atoms. The molecule has 4 rings (SSSR count). The number of benzene rings is 1. The summed E-state index contributed by atoms with van der Waals surface area (Å²) in [6, 6.07) is 8.59. The summed E-state index contributed by atoms with van der Waals surface area (Å²) in [6.45, 7) is 6.66. The molecule has 3 nitrogen and oxygen atoms in total. The molecule has 0 amide bonds. The maximum atomic E-state index is 13.9. The lowest BCUT2D eigenvalue weighted by Crippen LogP contribution is -2.43. The number of hydrogen-bond acceptors (Lipinski definition) is 3. The van der Waals surface area contributed by atoms with E-state index in [2.05, 4.69) is 37.8 Å². The maximum absolute atomic E-state index is 13.9. The third kappa shape index (κ3) is 3.84. The summed E-state index contributed by atoms with van der Waals surface area (Å²) in [5.74, 6) is 1.00. The van der Waals surface area contributed by atoms with Crippen molar-refractivity contribution in [3.63, 3.8) is 0 Å². The molecule has 2 aromatic rings. The molecule has 1 heterocycles. The van der Waals surface area contributed by atoms with E-state index in [4.69, 9.17) is 4.98 Å². The molecular formula is C25H32N2OS. The molecule has 0 atom stereocenters. The van der Waals surface area contributed by atoms with E-state index < -0.39 is 0 Å². The molecule has 154 valence electrons. The number of fused-ring (bicyclic) bond motifs is 4. The second-order valence-corrected chi connectivity index (χ2v) is 9.61. The minimum atomic E-state index is -0.0413. The van der Waals surface area contributed by atoms with E-state index in [1.807, 2.05) is 10.6 Å². The predicted octanol–water partition coefficient (Wildman–Crippen LogP) is 6.14. The quantitative estimate of drug-likeness (QED) is 0.239. The van der Waals surface area contributed by atoms with Gasteiger partial charge in [-0.25, -0.2) is 4.98 Å². The van der Waals surface area contributed by atoms with Crippen LogP contribution in [-0.4, -0.2) is 15.3 Å². The summed E-state index contributed by atoms with van der Waals surface area (Å²) in [6.07, 6.45) is 12.3. The van der Waals surface area contributed by atoms with Crippen molar-refractivity contribution in [2.75, 3.05) is 5.75 Å². The van der Waals surface area contributed by atoms with Gasteiger partial charge in [0.05, 0.1) is 11.3 Å². The molecule has 0 N–H and O–H groups in total. The van der Waals surface area contributed by atoms with E-state index in [0.717, 1.165) is 53.4 Å². The lowest BCUT2D eigenvalue weighted by atomic mass is 9.62. The molecule has 1 fully saturated rings. The van der Waals surface area contributed by atoms with Crippen molar-refractivity contribution in [2.24, 2.45) is 0 Å². The van der Waals surface area contributed by atoms with Crippen LogP contribution >= 0.6 is 11.8 Å². The fraction of sp³-hybridized carbons (Fsp3) is 0.520. The monoisotopic (exact) mass is 408 g/mol. The lowest BCUT2D eigenvalue weighted by Gasteiger charge is -2.42. The van der Waals surface area contributed by atoms with Crippen molar-refractivity contribution in [1.29, 1.82) is 0 Å². The van der Waals surface area contributed by atoms with Crippen LogP contribution in [0, 0.1) is 0 Å². The highest BCUT2D eigenvalue weighted by Gasteiger charge is 2.43. The van der Waals surface area contributed by atoms with Crippen LogP contribution in [0.3, 0.4) is 0 Å². The zero-order valence-electron chi connectivity index (χ0n) is 17.6. The number of rotatable bonds is 7. The maximum Gasteiger partial charge on any atom is 0.258 e. The summed E-state index contributed by atoms with van der Waals surface area (Å²) in [7, 11) is 0. The number of unbranched alkanes of at least 4 members (excludes halogenated alkanes) is 2. The largest absolute Gasteiger partial charge is 0.283 e. The first-order chi connectivity index (χ1) is 14.2. The normalized spacial score (nSPS) is 17.0. The molecule has 1 saturated carbocycles. The van der Waals surface area contributed by atoms with Crippen molar-refractivity contribution < 1.29 is 0 Å². The van der Waals surface area contributed by atoms with Crippen LogP contribution < -0.4 is 5.56 Å². The molecule has 1 aromatic heterocycles. The third-order valence-electron chi connectivity index (χ3n) is 6.57. The first kappa shape index (κ1) is 20.5. The Kier molecular flexibility index (Phi) is 6.29. The van der Waals surface area contributed by atoms with Gasteiger partial charge < -0.3 is 0 Å². The Morgan fingerprint density at radius 3 is 2.76 bits per heavy atom. The molecule has 2 aliphatic rings. The molecule has 0 aliphatic heterocycles. The third-order valence-corrected chi connectivity index (χ3v) is 7.63. The van der Waals surface area contributed by atoms with Crippen molar-refractivity contribution in [3.05, 3.63) is 58.4 Å². The minimum absolute atomic E-state index is 0.0413. The zero-order valence-corrected chi connectivity index (χ0v) is 18.4. The van der Waals surface area contributed by atoms with Crippen LogP contribution in [0.25, 0.3) is 11.3 Å². The van der Waals surface area contributed by atoms with Gasteiger partial charge in [-0.15, -0.1) is 6.58 Å². The Morgan fingerprint density at radius 2 is 2.00 bits per heavy atom. The van der Waals surface area contributed by atoms with Crippen molar-refractivity contribution in [1.82, 2.24) is 9.55 Å². The van der Waals surface area contributed by atoms with Gasteiger partial charge in [0.25, 0.3) is 5.56 Å². The number of allylic oxidation sites excluding steroid dienone is 1. The Bertz CT molecular complexity index is 940. The molecule has 0 saturated heterocycles. The standard InChI is InChI=1S/C25H32N2OS/c1-3-5-11-17-29-24-26-22-20-13-8-7-12-19(20)18-25(14-9-6-10-15-25)21(22)23(28)27(24)16-4-2/h4,7-8,12-13H,2-3,5-6,9-11,14-18H2,1H3. The predicted molar refractivity (Wildman–Crippen MR) is 123 cm³/mol. The van der Waals surface area contributed by atoms with Crippen molar-refractivity contribution >= 4 is 11.8 Å². The summed E-state index contributed by atoms with van der Waals surface area (Å²) < 4.78 is 1.88. The second-order valence-electron chi connectivity index (χ2n) is 8.55. The molecule has 0 bridgehead atoms. The molecule has 1 aromatic carbocycles. The van der Waals surface area contributed by atoms with E-state index >= 15 is 0 Å². The van der Waals surface area contributed by atoms with Crippen LogP contribution in [0.15, 0.2) is 46.9 Å². The van der Waals surface area contributed by atoms with Gasteiger partial charge in [0.1, 0.15) is 0 Å². The fourth-order valence-electron chi connectivity index (χ4n) is 5.14. The summed E-state index contributed by atoms with van der Waals surface area (Å²) in [5, 5.41) is 0.854. The first-order valence-corrected chi connectivity index (χ1v) is 12.2. The van der Waals surface area contributed by atoms with Crippen molar-refractivity contribution in [2.45, 2.75) is 81.8 Å². The van der Waals surface area contributed by atoms with Gasteiger partial charge in [-0.3, -0.25) is 9.36 Å². The molecule has 1 spiro atoms. The molecule has 4 heteroatoms. The van der Waals surface area contributed by atoms with Crippen LogP contribution in [0.1, 0.15) is 69.4 Å². The second kappa shape index (κ2) is 8.91. The van der Waals surface area contributed by atoms with Crippen molar-refractivity contribution in [3.8, 4) is 11.3 Å². The number of thioether (sulfide) groups is 1. The fourth-order valence-corrected chi connectivity index (χ4v) is 6.14.